The van der Waals surface area contributed by atoms with Crippen molar-refractivity contribution < 1.29 is 9.18 Å². The molecule has 4 heteroatoms. The number of Topliss-reactive ketones (excluding diaryl/α,β-unsaturated/α-hetero) is 1. The Bertz CT molecular complexity index is 594. The minimum absolute atomic E-state index is 0.0176. The standard InChI is InChI=1S/C15H11Cl2FO/c16-12-4-1-10(2-5-12)7-13(19)8-11-3-6-14(17)15(18)9-11/h1-6,9H,7-8H2. The van der Waals surface area contributed by atoms with Gasteiger partial charge < -0.3 is 0 Å². The molecule has 2 aromatic carbocycles. The maximum absolute atomic E-state index is 13.2. The van der Waals surface area contributed by atoms with Gasteiger partial charge >= 0.3 is 0 Å². The number of ketones is 1. The summed E-state index contributed by atoms with van der Waals surface area (Å²) in [6, 6.07) is 11.5. The van der Waals surface area contributed by atoms with Gasteiger partial charge in [-0.3, -0.25) is 4.79 Å². The largest absolute Gasteiger partial charge is 0.299 e. The van der Waals surface area contributed by atoms with Crippen LogP contribution in [-0.4, -0.2) is 5.78 Å². The van der Waals surface area contributed by atoms with Crippen molar-refractivity contribution in [1.29, 1.82) is 0 Å². The zero-order valence-corrected chi connectivity index (χ0v) is 11.5. The average Bonchev–Trinajstić information content (AvgIpc) is 2.37. The molecule has 0 bridgehead atoms. The van der Waals surface area contributed by atoms with Gasteiger partial charge in [0.1, 0.15) is 11.6 Å². The van der Waals surface area contributed by atoms with Crippen LogP contribution in [0.15, 0.2) is 42.5 Å². The number of hydrogen-bond acceptors (Lipinski definition) is 1. The van der Waals surface area contributed by atoms with Gasteiger partial charge in [0.2, 0.25) is 0 Å². The summed E-state index contributed by atoms with van der Waals surface area (Å²) in [5, 5.41) is 0.699. The lowest BCUT2D eigenvalue weighted by Crippen LogP contribution is -2.06. The zero-order chi connectivity index (χ0) is 13.8. The van der Waals surface area contributed by atoms with Crippen molar-refractivity contribution in [3.05, 3.63) is 69.5 Å². The normalized spacial score (nSPS) is 10.5. The lowest BCUT2D eigenvalue weighted by molar-refractivity contribution is -0.117. The molecule has 0 spiro atoms. The van der Waals surface area contributed by atoms with E-state index in [1.54, 1.807) is 18.2 Å². The zero-order valence-electron chi connectivity index (χ0n) is 10.00. The van der Waals surface area contributed by atoms with Gasteiger partial charge in [-0.15, -0.1) is 0 Å². The first-order valence-corrected chi connectivity index (χ1v) is 6.50. The number of benzene rings is 2. The predicted octanol–water partition coefficient (Wildman–Crippen LogP) is 4.49. The fourth-order valence-corrected chi connectivity index (χ4v) is 2.01. The third-order valence-corrected chi connectivity index (χ3v) is 3.26. The first kappa shape index (κ1) is 14.0. The van der Waals surface area contributed by atoms with E-state index in [0.717, 1.165) is 5.56 Å². The maximum Gasteiger partial charge on any atom is 0.142 e. The number of rotatable bonds is 4. The summed E-state index contributed by atoms with van der Waals surface area (Å²) in [4.78, 5) is 11.9. The summed E-state index contributed by atoms with van der Waals surface area (Å²) in [5.41, 5.74) is 1.52. The van der Waals surface area contributed by atoms with Crippen molar-refractivity contribution in [3.8, 4) is 0 Å². The maximum atomic E-state index is 13.2. The predicted molar refractivity (Wildman–Crippen MR) is 75.3 cm³/mol. The van der Waals surface area contributed by atoms with Crippen molar-refractivity contribution in [2.24, 2.45) is 0 Å². The highest BCUT2D eigenvalue weighted by atomic mass is 35.5. The molecule has 0 N–H and O–H groups in total. The van der Waals surface area contributed by atoms with Gasteiger partial charge in [-0.05, 0) is 35.4 Å². The van der Waals surface area contributed by atoms with Gasteiger partial charge in [-0.1, -0.05) is 41.4 Å². The fourth-order valence-electron chi connectivity index (χ4n) is 1.77. The van der Waals surface area contributed by atoms with Crippen LogP contribution < -0.4 is 0 Å². The third kappa shape index (κ3) is 4.05. The second-order valence-corrected chi connectivity index (χ2v) is 5.11. The third-order valence-electron chi connectivity index (χ3n) is 2.70. The van der Waals surface area contributed by atoms with Gasteiger partial charge in [0.25, 0.3) is 0 Å². The number of hydrogen-bond donors (Lipinski definition) is 0. The van der Waals surface area contributed by atoms with E-state index in [-0.39, 0.29) is 17.2 Å². The van der Waals surface area contributed by atoms with Crippen LogP contribution in [0.1, 0.15) is 11.1 Å². The van der Waals surface area contributed by atoms with Crippen LogP contribution >= 0.6 is 23.2 Å². The molecule has 0 fully saturated rings. The second-order valence-electron chi connectivity index (χ2n) is 4.27. The van der Waals surface area contributed by atoms with Crippen LogP contribution in [0.25, 0.3) is 0 Å². The van der Waals surface area contributed by atoms with Gasteiger partial charge in [-0.2, -0.15) is 0 Å². The van der Waals surface area contributed by atoms with Crippen LogP contribution in [-0.2, 0) is 17.6 Å². The monoisotopic (exact) mass is 296 g/mol. The van der Waals surface area contributed by atoms with Crippen LogP contribution in [0.2, 0.25) is 10.0 Å². The lowest BCUT2D eigenvalue weighted by Gasteiger charge is -2.03. The van der Waals surface area contributed by atoms with E-state index in [1.165, 1.54) is 12.1 Å². The molecule has 98 valence electrons. The molecule has 0 saturated carbocycles. The Morgan fingerprint density at radius 2 is 1.53 bits per heavy atom. The second kappa shape index (κ2) is 6.18. The van der Waals surface area contributed by atoms with E-state index < -0.39 is 5.82 Å². The van der Waals surface area contributed by atoms with E-state index in [2.05, 4.69) is 0 Å². The van der Waals surface area contributed by atoms with Gasteiger partial charge in [0.05, 0.1) is 5.02 Å². The summed E-state index contributed by atoms with van der Waals surface area (Å²) in [6.07, 6.45) is 0.498. The molecule has 0 aromatic heterocycles. The Hall–Kier alpha value is -1.38. The van der Waals surface area contributed by atoms with Crippen molar-refractivity contribution >= 4 is 29.0 Å². The van der Waals surface area contributed by atoms with Crippen molar-refractivity contribution in [1.82, 2.24) is 0 Å². The summed E-state index contributed by atoms with van der Waals surface area (Å²) >= 11 is 11.4. The Kier molecular flexibility index (Phi) is 4.56. The van der Waals surface area contributed by atoms with Crippen molar-refractivity contribution in [2.45, 2.75) is 12.8 Å². The van der Waals surface area contributed by atoms with Crippen molar-refractivity contribution in [2.75, 3.05) is 0 Å². The van der Waals surface area contributed by atoms with Gasteiger partial charge in [-0.25, -0.2) is 4.39 Å². The molecule has 1 nitrogen and oxygen atoms in total. The van der Waals surface area contributed by atoms with Crippen LogP contribution in [0.3, 0.4) is 0 Å². The lowest BCUT2D eigenvalue weighted by atomic mass is 10.0. The molecule has 0 aliphatic heterocycles. The summed E-state index contributed by atoms with van der Waals surface area (Å²) in [7, 11) is 0. The molecule has 0 heterocycles. The SMILES string of the molecule is O=C(Cc1ccc(Cl)cc1)Cc1ccc(Cl)c(F)c1. The molecule has 0 aliphatic rings. The number of carbonyl (C=O) groups excluding carboxylic acids is 1. The Morgan fingerprint density at radius 3 is 2.16 bits per heavy atom. The minimum atomic E-state index is -0.501. The molecular weight excluding hydrogens is 286 g/mol. The summed E-state index contributed by atoms with van der Waals surface area (Å²) < 4.78 is 13.2. The fraction of sp³-hybridized carbons (Fsp3) is 0.133. The molecule has 0 unspecified atom stereocenters. The van der Waals surface area contributed by atoms with Gasteiger partial charge in [0, 0.05) is 17.9 Å². The first-order chi connectivity index (χ1) is 9.04. The molecule has 0 amide bonds. The van der Waals surface area contributed by atoms with Crippen LogP contribution in [0.4, 0.5) is 4.39 Å². The quantitative estimate of drug-likeness (QED) is 0.812. The highest BCUT2D eigenvalue weighted by molar-refractivity contribution is 6.30. The molecule has 0 atom stereocenters. The number of halogens is 3. The molecule has 2 aromatic rings. The van der Waals surface area contributed by atoms with E-state index in [0.29, 0.717) is 17.0 Å². The summed E-state index contributed by atoms with van der Waals surface area (Å²) in [5.74, 6) is -0.484. The van der Waals surface area contributed by atoms with E-state index in [9.17, 15) is 9.18 Å². The van der Waals surface area contributed by atoms with E-state index in [1.807, 2.05) is 12.1 Å². The molecule has 0 radical (unpaired) electrons. The topological polar surface area (TPSA) is 17.1 Å². The smallest absolute Gasteiger partial charge is 0.142 e. The summed E-state index contributed by atoms with van der Waals surface area (Å²) in [6.45, 7) is 0. The average molecular weight is 297 g/mol. The van der Waals surface area contributed by atoms with E-state index >= 15 is 0 Å². The van der Waals surface area contributed by atoms with Crippen molar-refractivity contribution in [3.63, 3.8) is 0 Å². The molecule has 0 aliphatic carbocycles. The molecule has 0 saturated heterocycles. The Labute approximate surface area is 121 Å². The Morgan fingerprint density at radius 1 is 0.947 bits per heavy atom. The first-order valence-electron chi connectivity index (χ1n) is 5.74. The van der Waals surface area contributed by atoms with Crippen LogP contribution in [0.5, 0.6) is 0 Å². The molecule has 19 heavy (non-hydrogen) atoms. The van der Waals surface area contributed by atoms with E-state index in [4.69, 9.17) is 23.2 Å². The molecule has 2 rings (SSSR count). The number of carbonyl (C=O) groups is 1. The highest BCUT2D eigenvalue weighted by Crippen LogP contribution is 2.17. The molecular formula is C15H11Cl2FO. The Balaban J connectivity index is 2.01. The minimum Gasteiger partial charge on any atom is -0.299 e. The van der Waals surface area contributed by atoms with Gasteiger partial charge in [0.15, 0.2) is 0 Å². The van der Waals surface area contributed by atoms with Crippen LogP contribution in [0, 0.1) is 5.82 Å². The highest BCUT2D eigenvalue weighted by Gasteiger charge is 2.07.